The molecule has 8 heteroatoms. The maximum absolute atomic E-state index is 14.5. The van der Waals surface area contributed by atoms with Gasteiger partial charge in [0, 0.05) is 42.0 Å². The number of halogens is 2. The van der Waals surface area contributed by atoms with Gasteiger partial charge in [-0.3, -0.25) is 4.79 Å². The lowest BCUT2D eigenvalue weighted by molar-refractivity contribution is -0.0368. The molecule has 6 rings (SSSR count). The van der Waals surface area contributed by atoms with E-state index < -0.39 is 6.43 Å². The van der Waals surface area contributed by atoms with Gasteiger partial charge in [-0.05, 0) is 50.3 Å². The molecule has 1 amide bonds. The summed E-state index contributed by atoms with van der Waals surface area (Å²) in [4.78, 5) is 19.5. The van der Waals surface area contributed by atoms with Crippen LogP contribution in [0.2, 0.25) is 0 Å². The fraction of sp³-hybridized carbons (Fsp3) is 0.345. The van der Waals surface area contributed by atoms with Crippen LogP contribution < -0.4 is 0 Å². The zero-order chi connectivity index (χ0) is 25.4. The third-order valence-corrected chi connectivity index (χ3v) is 7.22. The Morgan fingerprint density at radius 1 is 0.946 bits per heavy atom. The number of ether oxygens (including phenoxy) is 1. The highest BCUT2D eigenvalue weighted by atomic mass is 19.3. The van der Waals surface area contributed by atoms with Crippen LogP contribution in [0.3, 0.4) is 0 Å². The molecule has 0 aliphatic carbocycles. The summed E-state index contributed by atoms with van der Waals surface area (Å²) in [5.74, 6) is 0.000701. The molecule has 1 unspecified atom stereocenters. The average Bonchev–Trinajstić information content (AvgIpc) is 3.62. The van der Waals surface area contributed by atoms with E-state index in [2.05, 4.69) is 0 Å². The Bertz CT molecular complexity index is 1410. The smallest absolute Gasteiger partial charge is 0.264 e. The zero-order valence-electron chi connectivity index (χ0n) is 20.4. The van der Waals surface area contributed by atoms with Crippen molar-refractivity contribution in [2.24, 2.45) is 0 Å². The second kappa shape index (κ2) is 10.0. The largest absolute Gasteiger partial charge is 0.356 e. The fourth-order valence-corrected chi connectivity index (χ4v) is 5.29. The van der Waals surface area contributed by atoms with Crippen molar-refractivity contribution in [3.63, 3.8) is 0 Å². The zero-order valence-corrected chi connectivity index (χ0v) is 20.4. The lowest BCUT2D eigenvalue weighted by Gasteiger charge is -2.23. The van der Waals surface area contributed by atoms with E-state index in [-0.39, 0.29) is 17.7 Å². The van der Waals surface area contributed by atoms with E-state index in [1.165, 1.54) is 6.07 Å². The van der Waals surface area contributed by atoms with Crippen LogP contribution >= 0.6 is 0 Å². The highest BCUT2D eigenvalue weighted by Crippen LogP contribution is 2.39. The maximum atomic E-state index is 14.5. The molecule has 4 heterocycles. The minimum atomic E-state index is -2.72. The molecule has 0 saturated carbocycles. The van der Waals surface area contributed by atoms with Crippen LogP contribution in [0.25, 0.3) is 33.5 Å². The van der Waals surface area contributed by atoms with Crippen molar-refractivity contribution < 1.29 is 18.3 Å². The van der Waals surface area contributed by atoms with Crippen LogP contribution in [0.15, 0.2) is 60.7 Å². The van der Waals surface area contributed by atoms with Gasteiger partial charge in [0.1, 0.15) is 5.69 Å². The monoisotopic (exact) mass is 502 g/mol. The number of nitrogens with zero attached hydrogens (tertiary/aromatic N) is 4. The number of hydrogen-bond donors (Lipinski definition) is 0. The average molecular weight is 503 g/mol. The highest BCUT2D eigenvalue weighted by molar-refractivity contribution is 5.96. The van der Waals surface area contributed by atoms with Gasteiger partial charge in [-0.1, -0.05) is 42.5 Å². The number of rotatable bonds is 5. The molecule has 37 heavy (non-hydrogen) atoms. The van der Waals surface area contributed by atoms with Gasteiger partial charge in [0.2, 0.25) is 0 Å². The van der Waals surface area contributed by atoms with Gasteiger partial charge in [-0.15, -0.1) is 0 Å². The van der Waals surface area contributed by atoms with Gasteiger partial charge in [0.05, 0.1) is 11.1 Å². The van der Waals surface area contributed by atoms with Gasteiger partial charge >= 0.3 is 0 Å². The summed E-state index contributed by atoms with van der Waals surface area (Å²) < 4.78 is 36.7. The predicted octanol–water partition coefficient (Wildman–Crippen LogP) is 6.64. The maximum Gasteiger partial charge on any atom is 0.264 e. The van der Waals surface area contributed by atoms with Crippen LogP contribution in [0.1, 0.15) is 60.7 Å². The number of carbonyl (C=O) groups is 1. The standard InChI is InChI=1S/C29H28F2N4O2/c30-27(31)22-18-23(19-11-13-21(14-12-19)29(36)34-15-5-6-16-34)32-28-25(22)26(20-8-2-1-3-9-20)33-35(28)24-10-4-7-17-37-24/h1-3,8-9,11-14,18,24,27H,4-7,10,15-17H2. The highest BCUT2D eigenvalue weighted by Gasteiger charge is 2.28. The number of aromatic nitrogens is 3. The Kier molecular flexibility index (Phi) is 6.42. The van der Waals surface area contributed by atoms with Crippen molar-refractivity contribution in [3.05, 3.63) is 71.8 Å². The van der Waals surface area contributed by atoms with Crippen molar-refractivity contribution >= 4 is 16.9 Å². The van der Waals surface area contributed by atoms with Crippen molar-refractivity contribution in [3.8, 4) is 22.5 Å². The minimum Gasteiger partial charge on any atom is -0.356 e. The summed E-state index contributed by atoms with van der Waals surface area (Å²) in [6.45, 7) is 2.14. The molecule has 0 N–H and O–H groups in total. The fourth-order valence-electron chi connectivity index (χ4n) is 5.29. The molecule has 2 fully saturated rings. The first-order valence-electron chi connectivity index (χ1n) is 12.9. The number of hydrogen-bond acceptors (Lipinski definition) is 4. The van der Waals surface area contributed by atoms with E-state index in [9.17, 15) is 13.6 Å². The first kappa shape index (κ1) is 23.7. The lowest BCUT2D eigenvalue weighted by Crippen LogP contribution is -2.27. The third-order valence-electron chi connectivity index (χ3n) is 7.22. The molecule has 4 aromatic rings. The van der Waals surface area contributed by atoms with Crippen LogP contribution in [-0.4, -0.2) is 45.3 Å². The molecule has 1 atom stereocenters. The molecule has 0 bridgehead atoms. The number of likely N-dealkylation sites (tertiary alicyclic amines) is 1. The number of benzene rings is 2. The first-order valence-corrected chi connectivity index (χ1v) is 12.9. The topological polar surface area (TPSA) is 60.3 Å². The summed E-state index contributed by atoms with van der Waals surface area (Å²) in [6, 6.07) is 17.9. The van der Waals surface area contributed by atoms with Crippen LogP contribution in [0.5, 0.6) is 0 Å². The van der Waals surface area contributed by atoms with Gasteiger partial charge in [0.15, 0.2) is 11.9 Å². The van der Waals surface area contributed by atoms with Gasteiger partial charge in [-0.25, -0.2) is 18.4 Å². The molecule has 2 aromatic carbocycles. The Balaban J connectivity index is 1.48. The Morgan fingerprint density at radius 3 is 2.38 bits per heavy atom. The van der Waals surface area contributed by atoms with E-state index in [4.69, 9.17) is 14.8 Å². The Hall–Kier alpha value is -3.65. The van der Waals surface area contributed by atoms with Crippen LogP contribution in [0.4, 0.5) is 8.78 Å². The molecule has 2 aliphatic heterocycles. The quantitative estimate of drug-likeness (QED) is 0.307. The summed E-state index contributed by atoms with van der Waals surface area (Å²) in [5.41, 5.74) is 3.18. The number of pyridine rings is 1. The van der Waals surface area contributed by atoms with Crippen molar-refractivity contribution in [2.75, 3.05) is 19.7 Å². The second-order valence-corrected chi connectivity index (χ2v) is 9.65. The predicted molar refractivity (Wildman–Crippen MR) is 137 cm³/mol. The first-order chi connectivity index (χ1) is 18.1. The Morgan fingerprint density at radius 2 is 1.70 bits per heavy atom. The number of amides is 1. The lowest BCUT2D eigenvalue weighted by atomic mass is 10.0. The van der Waals surface area contributed by atoms with Crippen LogP contribution in [0, 0.1) is 0 Å². The van der Waals surface area contributed by atoms with E-state index >= 15 is 0 Å². The number of fused-ring (bicyclic) bond motifs is 1. The normalized spacial score (nSPS) is 18.1. The van der Waals surface area contributed by atoms with E-state index in [0.717, 1.165) is 50.8 Å². The molecule has 2 saturated heterocycles. The molecule has 0 radical (unpaired) electrons. The minimum absolute atomic E-state index is 0.000701. The van der Waals surface area contributed by atoms with Gasteiger partial charge in [-0.2, -0.15) is 5.10 Å². The molecule has 190 valence electrons. The van der Waals surface area contributed by atoms with E-state index in [0.29, 0.717) is 40.2 Å². The molecular weight excluding hydrogens is 474 g/mol. The summed E-state index contributed by atoms with van der Waals surface area (Å²) in [5, 5.41) is 5.14. The summed E-state index contributed by atoms with van der Waals surface area (Å²) in [6.07, 6.45) is 1.65. The summed E-state index contributed by atoms with van der Waals surface area (Å²) in [7, 11) is 0. The molecule has 2 aliphatic rings. The van der Waals surface area contributed by atoms with E-state index in [1.807, 2.05) is 35.2 Å². The Labute approximate surface area is 213 Å². The summed E-state index contributed by atoms with van der Waals surface area (Å²) >= 11 is 0. The second-order valence-electron chi connectivity index (χ2n) is 9.65. The number of alkyl halides is 2. The van der Waals surface area contributed by atoms with Crippen LogP contribution in [-0.2, 0) is 4.74 Å². The SMILES string of the molecule is O=C(c1ccc(-c2cc(C(F)F)c3c(-c4ccccc4)nn(C4CCCCO4)c3n2)cc1)N1CCCC1. The van der Waals surface area contributed by atoms with Crippen molar-refractivity contribution in [1.82, 2.24) is 19.7 Å². The molecule has 6 nitrogen and oxygen atoms in total. The van der Waals surface area contributed by atoms with Gasteiger partial charge in [0.25, 0.3) is 12.3 Å². The van der Waals surface area contributed by atoms with Gasteiger partial charge < -0.3 is 9.64 Å². The van der Waals surface area contributed by atoms with E-state index in [1.54, 1.807) is 28.9 Å². The van der Waals surface area contributed by atoms with Crippen molar-refractivity contribution in [1.29, 1.82) is 0 Å². The molecule has 0 spiro atoms. The third kappa shape index (κ3) is 4.50. The number of carbonyl (C=O) groups excluding carboxylic acids is 1. The molecule has 2 aromatic heterocycles. The molecular formula is C29H28F2N4O2. The van der Waals surface area contributed by atoms with Crippen molar-refractivity contribution in [2.45, 2.75) is 44.8 Å².